The fraction of sp³-hybridized carbons (Fsp3) is 0.579. The van der Waals surface area contributed by atoms with Gasteiger partial charge in [0.2, 0.25) is 0 Å². The maximum atomic E-state index is 12.1. The Morgan fingerprint density at radius 3 is 2.80 bits per heavy atom. The second kappa shape index (κ2) is 8.23. The lowest BCUT2D eigenvalue weighted by Gasteiger charge is -2.37. The first-order valence-electron chi connectivity index (χ1n) is 8.71. The van der Waals surface area contributed by atoms with Crippen LogP contribution >= 0.6 is 0 Å². The lowest BCUT2D eigenvalue weighted by molar-refractivity contribution is -0.154. The SMILES string of the molecule is CCOc1cccc(N(CC2CCCC(C)(C(=O)OC)C2)C(=O)O)c1. The highest BCUT2D eigenvalue weighted by Gasteiger charge is 2.40. The van der Waals surface area contributed by atoms with Crippen molar-refractivity contribution in [3.63, 3.8) is 0 Å². The van der Waals surface area contributed by atoms with Gasteiger partial charge in [0.15, 0.2) is 0 Å². The average molecular weight is 349 g/mol. The van der Waals surface area contributed by atoms with E-state index in [1.807, 2.05) is 19.9 Å². The number of benzene rings is 1. The van der Waals surface area contributed by atoms with Crippen molar-refractivity contribution in [1.29, 1.82) is 0 Å². The van der Waals surface area contributed by atoms with E-state index in [1.165, 1.54) is 12.0 Å². The lowest BCUT2D eigenvalue weighted by atomic mass is 9.70. The minimum absolute atomic E-state index is 0.115. The number of anilines is 1. The molecule has 2 unspecified atom stereocenters. The van der Waals surface area contributed by atoms with Crippen molar-refractivity contribution in [3.05, 3.63) is 24.3 Å². The maximum absolute atomic E-state index is 12.1. The minimum Gasteiger partial charge on any atom is -0.494 e. The Hall–Kier alpha value is -2.24. The largest absolute Gasteiger partial charge is 0.494 e. The molecule has 1 aromatic rings. The number of rotatable bonds is 6. The number of hydrogen-bond donors (Lipinski definition) is 1. The molecule has 6 nitrogen and oxygen atoms in total. The van der Waals surface area contributed by atoms with E-state index in [4.69, 9.17) is 9.47 Å². The number of ether oxygens (including phenoxy) is 2. The van der Waals surface area contributed by atoms with Gasteiger partial charge >= 0.3 is 12.1 Å². The van der Waals surface area contributed by atoms with Crippen molar-refractivity contribution in [1.82, 2.24) is 0 Å². The van der Waals surface area contributed by atoms with Crippen LogP contribution in [0.2, 0.25) is 0 Å². The van der Waals surface area contributed by atoms with E-state index < -0.39 is 11.5 Å². The molecule has 1 fully saturated rings. The number of methoxy groups -OCH3 is 1. The van der Waals surface area contributed by atoms with Gasteiger partial charge in [0.25, 0.3) is 0 Å². The molecule has 25 heavy (non-hydrogen) atoms. The second-order valence-electron chi connectivity index (χ2n) is 6.84. The molecule has 0 spiro atoms. The van der Waals surface area contributed by atoms with Crippen molar-refractivity contribution in [2.75, 3.05) is 25.2 Å². The van der Waals surface area contributed by atoms with E-state index in [1.54, 1.807) is 18.2 Å². The Balaban J connectivity index is 2.15. The van der Waals surface area contributed by atoms with Crippen LogP contribution in [0.3, 0.4) is 0 Å². The van der Waals surface area contributed by atoms with Crippen molar-refractivity contribution < 1.29 is 24.2 Å². The van der Waals surface area contributed by atoms with Gasteiger partial charge in [0.05, 0.1) is 24.8 Å². The van der Waals surface area contributed by atoms with Gasteiger partial charge in [-0.2, -0.15) is 0 Å². The normalized spacial score (nSPS) is 22.9. The first kappa shape index (κ1) is 19.1. The lowest BCUT2D eigenvalue weighted by Crippen LogP contribution is -2.40. The highest BCUT2D eigenvalue weighted by Crippen LogP contribution is 2.40. The predicted molar refractivity (Wildman–Crippen MR) is 95.1 cm³/mol. The van der Waals surface area contributed by atoms with Gasteiger partial charge < -0.3 is 14.6 Å². The molecule has 0 heterocycles. The molecule has 0 aliphatic heterocycles. The van der Waals surface area contributed by atoms with Crippen LogP contribution in [0.4, 0.5) is 10.5 Å². The molecule has 1 saturated carbocycles. The molecule has 0 radical (unpaired) electrons. The molecule has 138 valence electrons. The van der Waals surface area contributed by atoms with Crippen LogP contribution in [0, 0.1) is 11.3 Å². The van der Waals surface area contributed by atoms with E-state index in [0.29, 0.717) is 31.0 Å². The predicted octanol–water partition coefficient (Wildman–Crippen LogP) is 3.94. The van der Waals surface area contributed by atoms with Crippen molar-refractivity contribution in [3.8, 4) is 5.75 Å². The average Bonchev–Trinajstić information content (AvgIpc) is 2.59. The standard InChI is InChI=1S/C19H27NO5/c1-4-25-16-9-5-8-15(11-16)20(18(22)23)13-14-7-6-10-19(2,12-14)17(21)24-3/h5,8-9,11,14H,4,6-7,10,12-13H2,1-3H3,(H,22,23). The zero-order chi connectivity index (χ0) is 18.4. The van der Waals surface area contributed by atoms with Gasteiger partial charge in [-0.1, -0.05) is 12.5 Å². The molecule has 0 saturated heterocycles. The van der Waals surface area contributed by atoms with Crippen LogP contribution in [0.15, 0.2) is 24.3 Å². The third kappa shape index (κ3) is 4.65. The zero-order valence-electron chi connectivity index (χ0n) is 15.2. The summed E-state index contributed by atoms with van der Waals surface area (Å²) in [6, 6.07) is 7.09. The number of amides is 1. The summed E-state index contributed by atoms with van der Waals surface area (Å²) in [5.74, 6) is 0.552. The Labute approximate surface area is 148 Å². The summed E-state index contributed by atoms with van der Waals surface area (Å²) in [6.07, 6.45) is 2.21. The van der Waals surface area contributed by atoms with Crippen LogP contribution in [-0.2, 0) is 9.53 Å². The van der Waals surface area contributed by atoms with Gasteiger partial charge in [-0.25, -0.2) is 4.79 Å². The highest BCUT2D eigenvalue weighted by atomic mass is 16.5. The molecule has 6 heteroatoms. The monoisotopic (exact) mass is 349 g/mol. The Bertz CT molecular complexity index is 618. The molecule has 1 aromatic carbocycles. The highest BCUT2D eigenvalue weighted by molar-refractivity contribution is 5.86. The molecule has 1 aliphatic carbocycles. The van der Waals surface area contributed by atoms with E-state index in [0.717, 1.165) is 19.3 Å². The van der Waals surface area contributed by atoms with Crippen LogP contribution < -0.4 is 9.64 Å². The summed E-state index contributed by atoms with van der Waals surface area (Å²) in [7, 11) is 1.40. The van der Waals surface area contributed by atoms with Crippen molar-refractivity contribution >= 4 is 17.7 Å². The number of nitrogens with zero attached hydrogens (tertiary/aromatic N) is 1. The molecule has 2 rings (SSSR count). The Morgan fingerprint density at radius 2 is 2.16 bits per heavy atom. The summed E-state index contributed by atoms with van der Waals surface area (Å²) < 4.78 is 10.4. The molecule has 0 aromatic heterocycles. The molecule has 1 amide bonds. The molecule has 0 bridgehead atoms. The number of hydrogen-bond acceptors (Lipinski definition) is 4. The molecular formula is C19H27NO5. The number of carboxylic acid groups (broad SMARTS) is 1. The van der Waals surface area contributed by atoms with E-state index in [2.05, 4.69) is 0 Å². The third-order valence-electron chi connectivity index (χ3n) is 4.87. The number of esters is 1. The second-order valence-corrected chi connectivity index (χ2v) is 6.84. The summed E-state index contributed by atoms with van der Waals surface area (Å²) in [5.41, 5.74) is 0.0541. The van der Waals surface area contributed by atoms with E-state index in [9.17, 15) is 14.7 Å². The fourth-order valence-corrected chi connectivity index (χ4v) is 3.67. The van der Waals surface area contributed by atoms with Gasteiger partial charge in [0.1, 0.15) is 5.75 Å². The fourth-order valence-electron chi connectivity index (χ4n) is 3.67. The van der Waals surface area contributed by atoms with Gasteiger partial charge in [-0.05, 0) is 51.2 Å². The Morgan fingerprint density at radius 1 is 1.40 bits per heavy atom. The number of carbonyl (C=O) groups excluding carboxylic acids is 1. The van der Waals surface area contributed by atoms with Gasteiger partial charge in [0, 0.05) is 12.6 Å². The molecular weight excluding hydrogens is 322 g/mol. The van der Waals surface area contributed by atoms with Crippen molar-refractivity contribution in [2.24, 2.45) is 11.3 Å². The van der Waals surface area contributed by atoms with Crippen molar-refractivity contribution in [2.45, 2.75) is 39.5 Å². The summed E-state index contributed by atoms with van der Waals surface area (Å²) >= 11 is 0. The third-order valence-corrected chi connectivity index (χ3v) is 4.87. The van der Waals surface area contributed by atoms with Crippen LogP contribution in [0.1, 0.15) is 39.5 Å². The summed E-state index contributed by atoms with van der Waals surface area (Å²) in [6.45, 7) is 4.68. The molecule has 1 N–H and O–H groups in total. The smallest absolute Gasteiger partial charge is 0.411 e. The topological polar surface area (TPSA) is 76.1 Å². The zero-order valence-corrected chi connectivity index (χ0v) is 15.2. The minimum atomic E-state index is -1.00. The van der Waals surface area contributed by atoms with E-state index in [-0.39, 0.29) is 11.9 Å². The number of carbonyl (C=O) groups is 2. The van der Waals surface area contributed by atoms with Gasteiger partial charge in [-0.15, -0.1) is 0 Å². The Kier molecular flexibility index (Phi) is 6.28. The summed E-state index contributed by atoms with van der Waals surface area (Å²) in [4.78, 5) is 25.2. The quantitative estimate of drug-likeness (QED) is 0.787. The maximum Gasteiger partial charge on any atom is 0.411 e. The van der Waals surface area contributed by atoms with Gasteiger partial charge in [-0.3, -0.25) is 9.69 Å². The van der Waals surface area contributed by atoms with Crippen LogP contribution in [0.5, 0.6) is 5.75 Å². The van der Waals surface area contributed by atoms with E-state index >= 15 is 0 Å². The molecule has 1 aliphatic rings. The summed E-state index contributed by atoms with van der Waals surface area (Å²) in [5, 5.41) is 9.66. The first-order chi connectivity index (χ1) is 11.9. The van der Waals surface area contributed by atoms with Crippen LogP contribution in [-0.4, -0.2) is 37.4 Å². The first-order valence-corrected chi connectivity index (χ1v) is 8.71. The molecule has 2 atom stereocenters. The van der Waals surface area contributed by atoms with Crippen LogP contribution in [0.25, 0.3) is 0 Å².